The van der Waals surface area contributed by atoms with Gasteiger partial charge in [-0.1, -0.05) is 0 Å². The molecule has 0 unspecified atom stereocenters. The summed E-state index contributed by atoms with van der Waals surface area (Å²) in [5, 5.41) is 2.51. The summed E-state index contributed by atoms with van der Waals surface area (Å²) in [7, 11) is 3.98. The normalized spacial score (nSPS) is 9.00. The molecule has 0 aromatic carbocycles. The zero-order chi connectivity index (χ0) is 7.98. The molecule has 3 radical (unpaired) electrons. The summed E-state index contributed by atoms with van der Waals surface area (Å²) in [5.41, 5.74) is 4.85. The number of nitrogens with two attached hydrogens (primary N) is 1. The number of carbonyl (C=O) groups is 1. The van der Waals surface area contributed by atoms with Gasteiger partial charge >= 0.3 is 6.03 Å². The third-order valence-electron chi connectivity index (χ3n) is 1.08. The second kappa shape index (κ2) is 8.21. The number of rotatable bonds is 4. The van der Waals surface area contributed by atoms with E-state index in [1.165, 1.54) is 0 Å². The van der Waals surface area contributed by atoms with Gasteiger partial charge in [-0.15, -0.1) is 0 Å². The first-order valence-corrected chi connectivity index (χ1v) is 3.31. The van der Waals surface area contributed by atoms with Gasteiger partial charge in [0.25, 0.3) is 0 Å². The van der Waals surface area contributed by atoms with E-state index < -0.39 is 6.03 Å². The van der Waals surface area contributed by atoms with E-state index >= 15 is 0 Å². The van der Waals surface area contributed by atoms with Crippen LogP contribution in [0.4, 0.5) is 4.79 Å². The second-order valence-corrected chi connectivity index (χ2v) is 2.45. The minimum atomic E-state index is -0.446. The molecular weight excluding hydrogens is 339 g/mol. The van der Waals surface area contributed by atoms with Gasteiger partial charge < -0.3 is 16.0 Å². The summed E-state index contributed by atoms with van der Waals surface area (Å²) in [6, 6.07) is -0.446. The molecular formula is C6H15BiN3O. The molecule has 0 fully saturated rings. The van der Waals surface area contributed by atoms with Crippen molar-refractivity contribution in [2.75, 3.05) is 27.2 Å². The van der Waals surface area contributed by atoms with E-state index in [0.29, 0.717) is 6.54 Å². The molecule has 0 bridgehead atoms. The van der Waals surface area contributed by atoms with E-state index in [4.69, 9.17) is 5.73 Å². The number of urea groups is 1. The average Bonchev–Trinajstić information content (AvgIpc) is 1.79. The van der Waals surface area contributed by atoms with Gasteiger partial charge in [0.2, 0.25) is 0 Å². The molecule has 0 aliphatic rings. The molecule has 0 aromatic rings. The predicted molar refractivity (Wildman–Crippen MR) is 46.5 cm³/mol. The van der Waals surface area contributed by atoms with Crippen LogP contribution in [-0.4, -0.2) is 64.3 Å². The fourth-order valence-corrected chi connectivity index (χ4v) is 0.607. The predicted octanol–water partition coefficient (Wildman–Crippen LogP) is -0.774. The van der Waals surface area contributed by atoms with Crippen molar-refractivity contribution in [1.29, 1.82) is 0 Å². The van der Waals surface area contributed by atoms with Crippen molar-refractivity contribution in [3.8, 4) is 0 Å². The van der Waals surface area contributed by atoms with Crippen molar-refractivity contribution in [1.82, 2.24) is 10.2 Å². The molecule has 0 saturated carbocycles. The van der Waals surface area contributed by atoms with Gasteiger partial charge in [0.05, 0.1) is 0 Å². The summed E-state index contributed by atoms with van der Waals surface area (Å²) in [5.74, 6) is 0. The van der Waals surface area contributed by atoms with Crippen LogP contribution in [0.15, 0.2) is 0 Å². The quantitative estimate of drug-likeness (QED) is 0.515. The maximum atomic E-state index is 10.1. The molecule has 65 valence electrons. The molecule has 0 heterocycles. The molecule has 0 rings (SSSR count). The standard InChI is InChI=1S/C6H15N3O.Bi/c1-9(2)5-3-4-8-6(7)10;/h3-5H2,1-2H3,(H3,7,8,10);. The van der Waals surface area contributed by atoms with Crippen LogP contribution in [0.25, 0.3) is 0 Å². The molecule has 4 nitrogen and oxygen atoms in total. The van der Waals surface area contributed by atoms with Crippen molar-refractivity contribution < 1.29 is 4.79 Å². The minimum Gasteiger partial charge on any atom is -0.352 e. The minimum absolute atomic E-state index is 0. The Hall–Kier alpha value is 0.113. The zero-order valence-corrected chi connectivity index (χ0v) is 10.5. The number of carbonyl (C=O) groups excluding carboxylic acids is 1. The third-order valence-corrected chi connectivity index (χ3v) is 1.08. The fourth-order valence-electron chi connectivity index (χ4n) is 0.607. The van der Waals surface area contributed by atoms with E-state index in [2.05, 4.69) is 10.2 Å². The van der Waals surface area contributed by atoms with E-state index in [1.807, 2.05) is 14.1 Å². The second-order valence-electron chi connectivity index (χ2n) is 2.45. The van der Waals surface area contributed by atoms with Crippen molar-refractivity contribution in [2.45, 2.75) is 6.42 Å². The van der Waals surface area contributed by atoms with Crippen LogP contribution in [0, 0.1) is 0 Å². The molecule has 0 atom stereocenters. The Kier molecular flexibility index (Phi) is 10.2. The van der Waals surface area contributed by atoms with Gasteiger partial charge in [-0.05, 0) is 27.1 Å². The number of primary amides is 1. The van der Waals surface area contributed by atoms with Crippen LogP contribution in [0.2, 0.25) is 0 Å². The van der Waals surface area contributed by atoms with Gasteiger partial charge in [0.1, 0.15) is 0 Å². The SMILES string of the molecule is CN(C)CCCNC(N)=O.[Bi]. The van der Waals surface area contributed by atoms with Crippen LogP contribution < -0.4 is 11.1 Å². The maximum absolute atomic E-state index is 10.1. The summed E-state index contributed by atoms with van der Waals surface area (Å²) in [4.78, 5) is 12.2. The molecule has 0 aliphatic carbocycles. The van der Waals surface area contributed by atoms with Gasteiger partial charge in [0, 0.05) is 32.7 Å². The number of nitrogens with one attached hydrogen (secondary N) is 1. The topological polar surface area (TPSA) is 58.4 Å². The molecule has 0 saturated heterocycles. The van der Waals surface area contributed by atoms with E-state index in [-0.39, 0.29) is 26.2 Å². The zero-order valence-electron chi connectivity index (χ0n) is 7.00. The Morgan fingerprint density at radius 1 is 1.55 bits per heavy atom. The first kappa shape index (κ1) is 13.7. The summed E-state index contributed by atoms with van der Waals surface area (Å²) < 4.78 is 0. The van der Waals surface area contributed by atoms with Crippen LogP contribution in [0.5, 0.6) is 0 Å². The van der Waals surface area contributed by atoms with E-state index in [1.54, 1.807) is 0 Å². The summed E-state index contributed by atoms with van der Waals surface area (Å²) in [6.07, 6.45) is 0.940. The number of amides is 2. The van der Waals surface area contributed by atoms with E-state index in [9.17, 15) is 4.79 Å². The van der Waals surface area contributed by atoms with Gasteiger partial charge in [0.15, 0.2) is 0 Å². The van der Waals surface area contributed by atoms with Crippen LogP contribution in [-0.2, 0) is 0 Å². The number of hydrogen-bond acceptors (Lipinski definition) is 2. The van der Waals surface area contributed by atoms with Crippen molar-refractivity contribution in [3.63, 3.8) is 0 Å². The van der Waals surface area contributed by atoms with Crippen molar-refractivity contribution in [3.05, 3.63) is 0 Å². The van der Waals surface area contributed by atoms with Gasteiger partial charge in [-0.2, -0.15) is 0 Å². The Bertz CT molecular complexity index is 108. The first-order chi connectivity index (χ1) is 4.63. The third kappa shape index (κ3) is 13.2. The van der Waals surface area contributed by atoms with Crippen LogP contribution >= 0.6 is 0 Å². The Morgan fingerprint density at radius 3 is 2.45 bits per heavy atom. The van der Waals surface area contributed by atoms with Gasteiger partial charge in [-0.3, -0.25) is 0 Å². The molecule has 0 aromatic heterocycles. The van der Waals surface area contributed by atoms with E-state index in [0.717, 1.165) is 13.0 Å². The molecule has 0 aliphatic heterocycles. The molecule has 11 heavy (non-hydrogen) atoms. The molecule has 2 amide bonds. The Morgan fingerprint density at radius 2 is 2.09 bits per heavy atom. The van der Waals surface area contributed by atoms with Crippen molar-refractivity contribution >= 4 is 32.2 Å². The average molecular weight is 354 g/mol. The Labute approximate surface area is 86.6 Å². The molecule has 0 spiro atoms. The fraction of sp³-hybridized carbons (Fsp3) is 0.833. The summed E-state index contributed by atoms with van der Waals surface area (Å²) >= 11 is 0. The van der Waals surface area contributed by atoms with Crippen LogP contribution in [0.1, 0.15) is 6.42 Å². The van der Waals surface area contributed by atoms with Gasteiger partial charge in [-0.25, -0.2) is 4.79 Å². The molecule has 5 heteroatoms. The first-order valence-electron chi connectivity index (χ1n) is 3.31. The number of hydrogen-bond donors (Lipinski definition) is 2. The monoisotopic (exact) mass is 354 g/mol. The smallest absolute Gasteiger partial charge is 0.312 e. The Balaban J connectivity index is 0. The molecule has 3 N–H and O–H groups in total. The largest absolute Gasteiger partial charge is 0.352 e. The van der Waals surface area contributed by atoms with Crippen molar-refractivity contribution in [2.24, 2.45) is 5.73 Å². The number of nitrogens with zero attached hydrogens (tertiary/aromatic N) is 1. The summed E-state index contributed by atoms with van der Waals surface area (Å²) in [6.45, 7) is 1.63. The van der Waals surface area contributed by atoms with Crippen LogP contribution in [0.3, 0.4) is 0 Å². The maximum Gasteiger partial charge on any atom is 0.312 e.